The smallest absolute Gasteiger partial charge is 0.229 e. The predicted octanol–water partition coefficient (Wildman–Crippen LogP) is 0.473. The lowest BCUT2D eigenvalue weighted by Gasteiger charge is -2.39. The summed E-state index contributed by atoms with van der Waals surface area (Å²) in [5.74, 6) is 1.80. The van der Waals surface area contributed by atoms with Crippen molar-refractivity contribution in [2.75, 3.05) is 20.8 Å². The third-order valence-corrected chi connectivity index (χ3v) is 4.91. The van der Waals surface area contributed by atoms with Crippen LogP contribution in [0.25, 0.3) is 0 Å². The van der Waals surface area contributed by atoms with Crippen LogP contribution in [0.3, 0.4) is 0 Å². The van der Waals surface area contributed by atoms with Crippen LogP contribution in [0.1, 0.15) is 11.1 Å². The van der Waals surface area contributed by atoms with Crippen LogP contribution in [0.15, 0.2) is 42.5 Å². The number of rotatable bonds is 7. The molecule has 0 bridgehead atoms. The minimum Gasteiger partial charge on any atom is -0.497 e. The zero-order valence-corrected chi connectivity index (χ0v) is 16.3. The number of aliphatic hydroxyl groups is 4. The van der Waals surface area contributed by atoms with Crippen molar-refractivity contribution in [2.24, 2.45) is 0 Å². The molecule has 5 atom stereocenters. The molecular formula is C21H26O8. The second kappa shape index (κ2) is 9.43. The second-order valence-electron chi connectivity index (χ2n) is 6.81. The predicted molar refractivity (Wildman–Crippen MR) is 103 cm³/mol. The molecule has 29 heavy (non-hydrogen) atoms. The van der Waals surface area contributed by atoms with E-state index in [0.717, 1.165) is 16.9 Å². The highest BCUT2D eigenvalue weighted by molar-refractivity contribution is 5.43. The molecule has 0 unspecified atom stereocenters. The van der Waals surface area contributed by atoms with Gasteiger partial charge in [0.05, 0.1) is 20.8 Å². The molecule has 1 aliphatic rings. The maximum Gasteiger partial charge on any atom is 0.229 e. The average Bonchev–Trinajstić information content (AvgIpc) is 2.75. The Balaban J connectivity index is 1.84. The van der Waals surface area contributed by atoms with Gasteiger partial charge in [0.15, 0.2) is 0 Å². The standard InChI is InChI=1S/C21H26O8/c1-26-14-5-3-12(4-6-14)9-13-10-15(27-2)7-8-16(13)28-21-20(25)19(24)18(23)17(11-22)29-21/h3-8,10,17-25H,9,11H2,1-2H3/t17-,18-,19+,20-,21-/m1/s1. The topological polar surface area (TPSA) is 118 Å². The van der Waals surface area contributed by atoms with Crippen molar-refractivity contribution in [1.29, 1.82) is 0 Å². The molecule has 2 aromatic rings. The molecule has 8 heteroatoms. The average molecular weight is 406 g/mol. The van der Waals surface area contributed by atoms with Gasteiger partial charge in [0.25, 0.3) is 0 Å². The summed E-state index contributed by atoms with van der Waals surface area (Å²) in [6.07, 6.45) is -6.22. The molecule has 1 heterocycles. The van der Waals surface area contributed by atoms with Gasteiger partial charge in [-0.15, -0.1) is 0 Å². The second-order valence-corrected chi connectivity index (χ2v) is 6.81. The summed E-state index contributed by atoms with van der Waals surface area (Å²) in [6, 6.07) is 12.8. The van der Waals surface area contributed by atoms with E-state index in [4.69, 9.17) is 18.9 Å². The lowest BCUT2D eigenvalue weighted by molar-refractivity contribution is -0.277. The Kier molecular flexibility index (Phi) is 6.94. The van der Waals surface area contributed by atoms with Gasteiger partial charge in [0.2, 0.25) is 6.29 Å². The van der Waals surface area contributed by atoms with E-state index in [1.54, 1.807) is 26.4 Å². The van der Waals surface area contributed by atoms with Crippen LogP contribution >= 0.6 is 0 Å². The fourth-order valence-corrected chi connectivity index (χ4v) is 3.19. The minimum absolute atomic E-state index is 0.422. The normalized spacial score (nSPS) is 26.8. The number of benzene rings is 2. The number of aliphatic hydroxyl groups excluding tert-OH is 4. The first-order chi connectivity index (χ1) is 14.0. The molecule has 2 aromatic carbocycles. The Morgan fingerprint density at radius 3 is 2.14 bits per heavy atom. The van der Waals surface area contributed by atoms with Gasteiger partial charge in [-0.3, -0.25) is 0 Å². The molecule has 0 amide bonds. The molecule has 1 aliphatic heterocycles. The number of methoxy groups -OCH3 is 2. The molecule has 0 spiro atoms. The van der Waals surface area contributed by atoms with Crippen molar-refractivity contribution in [3.63, 3.8) is 0 Å². The van der Waals surface area contributed by atoms with Gasteiger partial charge in [-0.1, -0.05) is 12.1 Å². The van der Waals surface area contributed by atoms with Crippen LogP contribution < -0.4 is 14.2 Å². The van der Waals surface area contributed by atoms with Gasteiger partial charge >= 0.3 is 0 Å². The van der Waals surface area contributed by atoms with Crippen molar-refractivity contribution in [2.45, 2.75) is 37.1 Å². The van der Waals surface area contributed by atoms with Crippen molar-refractivity contribution in [3.05, 3.63) is 53.6 Å². The van der Waals surface area contributed by atoms with E-state index in [9.17, 15) is 20.4 Å². The molecule has 0 aromatic heterocycles. The Bertz CT molecular complexity index is 792. The van der Waals surface area contributed by atoms with Crippen LogP contribution in [-0.2, 0) is 11.2 Å². The lowest BCUT2D eigenvalue weighted by atomic mass is 9.99. The van der Waals surface area contributed by atoms with E-state index in [0.29, 0.717) is 17.9 Å². The quantitative estimate of drug-likeness (QED) is 0.524. The zero-order chi connectivity index (χ0) is 21.0. The third kappa shape index (κ3) is 4.80. The summed E-state index contributed by atoms with van der Waals surface area (Å²) in [5.41, 5.74) is 1.77. The van der Waals surface area contributed by atoms with E-state index in [1.165, 1.54) is 0 Å². The zero-order valence-electron chi connectivity index (χ0n) is 16.3. The molecule has 1 saturated heterocycles. The Morgan fingerprint density at radius 1 is 0.862 bits per heavy atom. The van der Waals surface area contributed by atoms with Crippen molar-refractivity contribution < 1.29 is 39.4 Å². The monoisotopic (exact) mass is 406 g/mol. The van der Waals surface area contributed by atoms with E-state index >= 15 is 0 Å². The van der Waals surface area contributed by atoms with Gasteiger partial charge in [-0.25, -0.2) is 0 Å². The number of hydrogen-bond donors (Lipinski definition) is 4. The van der Waals surface area contributed by atoms with Gasteiger partial charge < -0.3 is 39.4 Å². The first-order valence-electron chi connectivity index (χ1n) is 9.23. The fourth-order valence-electron chi connectivity index (χ4n) is 3.19. The summed E-state index contributed by atoms with van der Waals surface area (Å²) in [5, 5.41) is 39.5. The molecule has 0 aliphatic carbocycles. The summed E-state index contributed by atoms with van der Waals surface area (Å²) >= 11 is 0. The van der Waals surface area contributed by atoms with E-state index in [2.05, 4.69) is 0 Å². The SMILES string of the molecule is COc1ccc(Cc2cc(OC)ccc2O[C@@H]2O[C@H](CO)[C@@H](O)[C@H](O)[C@H]2O)cc1. The van der Waals surface area contributed by atoms with Crippen molar-refractivity contribution in [1.82, 2.24) is 0 Å². The summed E-state index contributed by atoms with van der Waals surface area (Å²) in [7, 11) is 3.16. The minimum atomic E-state index is -1.51. The number of ether oxygens (including phenoxy) is 4. The maximum absolute atomic E-state index is 10.2. The molecule has 0 saturated carbocycles. The molecule has 1 fully saturated rings. The first kappa shape index (κ1) is 21.4. The van der Waals surface area contributed by atoms with E-state index < -0.39 is 37.3 Å². The highest BCUT2D eigenvalue weighted by Gasteiger charge is 2.44. The Hall–Kier alpha value is -2.36. The first-order valence-corrected chi connectivity index (χ1v) is 9.23. The molecule has 158 valence electrons. The maximum atomic E-state index is 10.2. The number of hydrogen-bond acceptors (Lipinski definition) is 8. The highest BCUT2D eigenvalue weighted by atomic mass is 16.7. The molecule has 0 radical (unpaired) electrons. The summed E-state index contributed by atoms with van der Waals surface area (Å²) in [4.78, 5) is 0. The third-order valence-electron chi connectivity index (χ3n) is 4.91. The molecule has 8 nitrogen and oxygen atoms in total. The van der Waals surface area contributed by atoms with E-state index in [-0.39, 0.29) is 0 Å². The van der Waals surface area contributed by atoms with Gasteiger partial charge in [0, 0.05) is 12.0 Å². The van der Waals surface area contributed by atoms with Crippen LogP contribution in [0.4, 0.5) is 0 Å². The molecular weight excluding hydrogens is 380 g/mol. The van der Waals surface area contributed by atoms with Crippen molar-refractivity contribution >= 4 is 0 Å². The lowest BCUT2D eigenvalue weighted by Crippen LogP contribution is -2.60. The van der Waals surface area contributed by atoms with Gasteiger partial charge in [0.1, 0.15) is 41.7 Å². The summed E-state index contributed by atoms with van der Waals surface area (Å²) < 4.78 is 21.8. The van der Waals surface area contributed by atoms with Crippen LogP contribution in [-0.4, -0.2) is 72.0 Å². The van der Waals surface area contributed by atoms with Crippen molar-refractivity contribution in [3.8, 4) is 17.2 Å². The fraction of sp³-hybridized carbons (Fsp3) is 0.429. The summed E-state index contributed by atoms with van der Waals surface area (Å²) in [6.45, 7) is -0.522. The highest BCUT2D eigenvalue weighted by Crippen LogP contribution is 2.31. The van der Waals surface area contributed by atoms with E-state index in [1.807, 2.05) is 30.3 Å². The van der Waals surface area contributed by atoms with Crippen LogP contribution in [0.2, 0.25) is 0 Å². The van der Waals surface area contributed by atoms with Gasteiger partial charge in [-0.05, 0) is 35.9 Å². The Labute approximate surface area is 168 Å². The van der Waals surface area contributed by atoms with Crippen LogP contribution in [0.5, 0.6) is 17.2 Å². The molecule has 3 rings (SSSR count). The van der Waals surface area contributed by atoms with Gasteiger partial charge in [-0.2, -0.15) is 0 Å². The Morgan fingerprint density at radius 2 is 1.52 bits per heavy atom. The van der Waals surface area contributed by atoms with Crippen LogP contribution in [0, 0.1) is 0 Å². The molecule has 4 N–H and O–H groups in total. The largest absolute Gasteiger partial charge is 0.497 e.